The molecule has 0 fully saturated rings. The number of hydrogen-bond acceptors (Lipinski definition) is 4. The molecule has 1 amide bonds. The van der Waals surface area contributed by atoms with Crippen molar-refractivity contribution in [2.45, 2.75) is 6.42 Å². The number of hydrogen-bond donors (Lipinski definition) is 0. The standard InChI is InChI=1S/C13H17NO4/c1-14(17-3)13(15)10-6-9-4-5-11(16-2)7-12(9)18-8-10/h4-5,7,10H,6,8H2,1-3H3. The Morgan fingerprint density at radius 3 is 2.89 bits per heavy atom. The van der Waals surface area contributed by atoms with Gasteiger partial charge in [0, 0.05) is 13.1 Å². The topological polar surface area (TPSA) is 48.0 Å². The summed E-state index contributed by atoms with van der Waals surface area (Å²) in [5.74, 6) is 1.28. The lowest BCUT2D eigenvalue weighted by Crippen LogP contribution is -2.38. The number of carbonyl (C=O) groups is 1. The first kappa shape index (κ1) is 12.7. The minimum Gasteiger partial charge on any atom is -0.497 e. The molecule has 98 valence electrons. The fourth-order valence-electron chi connectivity index (χ4n) is 1.99. The van der Waals surface area contributed by atoms with Crippen molar-refractivity contribution in [2.75, 3.05) is 27.9 Å². The molecule has 0 spiro atoms. The van der Waals surface area contributed by atoms with Gasteiger partial charge in [0.05, 0.1) is 20.1 Å². The molecule has 5 heteroatoms. The van der Waals surface area contributed by atoms with Gasteiger partial charge in [0.2, 0.25) is 0 Å². The van der Waals surface area contributed by atoms with Gasteiger partial charge in [0.25, 0.3) is 5.91 Å². The highest BCUT2D eigenvalue weighted by molar-refractivity contribution is 5.78. The lowest BCUT2D eigenvalue weighted by atomic mass is 9.96. The minimum absolute atomic E-state index is 0.0704. The van der Waals surface area contributed by atoms with Crippen molar-refractivity contribution < 1.29 is 19.1 Å². The number of benzene rings is 1. The van der Waals surface area contributed by atoms with E-state index in [1.807, 2.05) is 18.2 Å². The number of methoxy groups -OCH3 is 1. The highest BCUT2D eigenvalue weighted by atomic mass is 16.7. The monoisotopic (exact) mass is 251 g/mol. The molecule has 2 rings (SSSR count). The van der Waals surface area contributed by atoms with Crippen LogP contribution in [-0.4, -0.2) is 38.8 Å². The Morgan fingerprint density at radius 2 is 2.22 bits per heavy atom. The average molecular weight is 251 g/mol. The summed E-state index contributed by atoms with van der Waals surface area (Å²) in [6.45, 7) is 0.368. The van der Waals surface area contributed by atoms with Crippen molar-refractivity contribution in [3.8, 4) is 11.5 Å². The largest absolute Gasteiger partial charge is 0.497 e. The van der Waals surface area contributed by atoms with Gasteiger partial charge in [-0.05, 0) is 18.1 Å². The van der Waals surface area contributed by atoms with Crippen molar-refractivity contribution in [1.82, 2.24) is 5.06 Å². The first-order valence-electron chi connectivity index (χ1n) is 5.77. The number of amides is 1. The van der Waals surface area contributed by atoms with Gasteiger partial charge in [-0.2, -0.15) is 0 Å². The molecular weight excluding hydrogens is 234 g/mol. The van der Waals surface area contributed by atoms with Crippen LogP contribution >= 0.6 is 0 Å². The molecule has 18 heavy (non-hydrogen) atoms. The summed E-state index contributed by atoms with van der Waals surface area (Å²) >= 11 is 0. The zero-order valence-corrected chi connectivity index (χ0v) is 10.8. The summed E-state index contributed by atoms with van der Waals surface area (Å²) in [5.41, 5.74) is 1.02. The Bertz CT molecular complexity index is 447. The summed E-state index contributed by atoms with van der Waals surface area (Å²) in [6.07, 6.45) is 0.659. The van der Waals surface area contributed by atoms with E-state index in [1.54, 1.807) is 14.2 Å². The van der Waals surface area contributed by atoms with Gasteiger partial charge >= 0.3 is 0 Å². The molecule has 1 aromatic rings. The third-order valence-corrected chi connectivity index (χ3v) is 3.11. The van der Waals surface area contributed by atoms with E-state index in [9.17, 15) is 4.79 Å². The molecular formula is C13H17NO4. The zero-order chi connectivity index (χ0) is 13.1. The van der Waals surface area contributed by atoms with Crippen molar-refractivity contribution in [3.63, 3.8) is 0 Å². The van der Waals surface area contributed by atoms with E-state index in [2.05, 4.69) is 0 Å². The lowest BCUT2D eigenvalue weighted by molar-refractivity contribution is -0.174. The van der Waals surface area contributed by atoms with Gasteiger partial charge in [0.1, 0.15) is 18.1 Å². The molecule has 1 aliphatic rings. The number of rotatable bonds is 3. The third kappa shape index (κ3) is 2.41. The second kappa shape index (κ2) is 5.27. The molecule has 0 radical (unpaired) electrons. The van der Waals surface area contributed by atoms with Crippen LogP contribution in [0.1, 0.15) is 5.56 Å². The van der Waals surface area contributed by atoms with Gasteiger partial charge in [-0.1, -0.05) is 6.07 Å². The Labute approximate surface area is 106 Å². The Kier molecular flexibility index (Phi) is 3.72. The van der Waals surface area contributed by atoms with Crippen LogP contribution in [0, 0.1) is 5.92 Å². The number of ether oxygens (including phenoxy) is 2. The van der Waals surface area contributed by atoms with E-state index >= 15 is 0 Å². The Hall–Kier alpha value is -1.75. The Morgan fingerprint density at radius 1 is 1.44 bits per heavy atom. The minimum atomic E-state index is -0.198. The fraction of sp³-hybridized carbons (Fsp3) is 0.462. The van der Waals surface area contributed by atoms with Crippen molar-refractivity contribution >= 4 is 5.91 Å². The number of fused-ring (bicyclic) bond motifs is 1. The van der Waals surface area contributed by atoms with Crippen LogP contribution in [0.3, 0.4) is 0 Å². The summed E-state index contributed by atoms with van der Waals surface area (Å²) < 4.78 is 10.7. The van der Waals surface area contributed by atoms with E-state index in [4.69, 9.17) is 14.3 Å². The van der Waals surface area contributed by atoms with Crippen LogP contribution in [0.5, 0.6) is 11.5 Å². The first-order chi connectivity index (χ1) is 8.65. The molecule has 0 bridgehead atoms. The van der Waals surface area contributed by atoms with Gasteiger partial charge in [-0.25, -0.2) is 5.06 Å². The second-order valence-corrected chi connectivity index (χ2v) is 4.20. The predicted molar refractivity (Wildman–Crippen MR) is 65.5 cm³/mol. The van der Waals surface area contributed by atoms with E-state index in [0.29, 0.717) is 13.0 Å². The molecule has 0 aliphatic carbocycles. The second-order valence-electron chi connectivity index (χ2n) is 4.20. The molecule has 1 aliphatic heterocycles. The molecule has 1 atom stereocenters. The van der Waals surface area contributed by atoms with Gasteiger partial charge < -0.3 is 9.47 Å². The summed E-state index contributed by atoms with van der Waals surface area (Å²) in [7, 11) is 4.69. The SMILES string of the molecule is COc1ccc2c(c1)OCC(C(=O)N(C)OC)C2. The van der Waals surface area contributed by atoms with Gasteiger partial charge in [-0.15, -0.1) is 0 Å². The van der Waals surface area contributed by atoms with E-state index in [1.165, 1.54) is 12.2 Å². The molecule has 0 saturated heterocycles. The molecule has 0 saturated carbocycles. The quantitative estimate of drug-likeness (QED) is 0.759. The van der Waals surface area contributed by atoms with Crippen LogP contribution in [0.4, 0.5) is 0 Å². The van der Waals surface area contributed by atoms with E-state index in [-0.39, 0.29) is 11.8 Å². The molecule has 1 heterocycles. The summed E-state index contributed by atoms with van der Waals surface area (Å²) in [6, 6.07) is 5.64. The van der Waals surface area contributed by atoms with Crippen LogP contribution in [0.25, 0.3) is 0 Å². The third-order valence-electron chi connectivity index (χ3n) is 3.11. The molecule has 0 aromatic heterocycles. The van der Waals surface area contributed by atoms with E-state index < -0.39 is 0 Å². The highest BCUT2D eigenvalue weighted by Gasteiger charge is 2.28. The fourth-order valence-corrected chi connectivity index (χ4v) is 1.99. The summed E-state index contributed by atoms with van der Waals surface area (Å²) in [4.78, 5) is 16.9. The van der Waals surface area contributed by atoms with Gasteiger partial charge in [-0.3, -0.25) is 9.63 Å². The molecule has 1 aromatic carbocycles. The number of hydroxylamine groups is 2. The van der Waals surface area contributed by atoms with Gasteiger partial charge in [0.15, 0.2) is 0 Å². The average Bonchev–Trinajstić information content (AvgIpc) is 2.44. The maximum atomic E-state index is 12.0. The van der Waals surface area contributed by atoms with Crippen molar-refractivity contribution in [1.29, 1.82) is 0 Å². The molecule has 0 N–H and O–H groups in total. The summed E-state index contributed by atoms with van der Waals surface area (Å²) in [5, 5.41) is 1.24. The smallest absolute Gasteiger partial charge is 0.252 e. The predicted octanol–water partition coefficient (Wildman–Crippen LogP) is 1.27. The first-order valence-corrected chi connectivity index (χ1v) is 5.77. The van der Waals surface area contributed by atoms with Crippen LogP contribution in [0.2, 0.25) is 0 Å². The normalized spacial score (nSPS) is 17.6. The number of nitrogens with zero attached hydrogens (tertiary/aromatic N) is 1. The molecule has 5 nitrogen and oxygen atoms in total. The van der Waals surface area contributed by atoms with Crippen molar-refractivity contribution in [2.24, 2.45) is 5.92 Å². The zero-order valence-electron chi connectivity index (χ0n) is 10.8. The van der Waals surface area contributed by atoms with Crippen LogP contribution in [0.15, 0.2) is 18.2 Å². The maximum Gasteiger partial charge on any atom is 0.252 e. The van der Waals surface area contributed by atoms with E-state index in [0.717, 1.165) is 17.1 Å². The lowest BCUT2D eigenvalue weighted by Gasteiger charge is -2.27. The number of carbonyl (C=O) groups excluding carboxylic acids is 1. The molecule has 1 unspecified atom stereocenters. The Balaban J connectivity index is 2.13. The maximum absolute atomic E-state index is 12.0. The van der Waals surface area contributed by atoms with Crippen LogP contribution < -0.4 is 9.47 Å². The van der Waals surface area contributed by atoms with Crippen LogP contribution in [-0.2, 0) is 16.1 Å². The van der Waals surface area contributed by atoms with Crippen molar-refractivity contribution in [3.05, 3.63) is 23.8 Å². The highest BCUT2D eigenvalue weighted by Crippen LogP contribution is 2.31.